The number of hydrogen-bond acceptors (Lipinski definition) is 2. The molecular weight excluding hydrogens is 262 g/mol. The normalized spacial score (nSPS) is 14.4. The lowest BCUT2D eigenvalue weighted by atomic mass is 9.91. The average Bonchev–Trinajstić information content (AvgIpc) is 2.81. The Morgan fingerprint density at radius 2 is 2.17 bits per heavy atom. The Bertz CT molecular complexity index is 533. The van der Waals surface area contributed by atoms with E-state index in [0.29, 0.717) is 5.82 Å². The third kappa shape index (κ3) is 2.52. The second-order valence-electron chi connectivity index (χ2n) is 4.00. The van der Waals surface area contributed by atoms with Gasteiger partial charge in [-0.25, -0.2) is 13.8 Å². The number of aliphatic hydroxyl groups is 1. The molecule has 0 saturated heterocycles. The molecule has 0 bridgehead atoms. The van der Waals surface area contributed by atoms with Crippen LogP contribution in [0.2, 0.25) is 0 Å². The first-order chi connectivity index (χ1) is 8.55. The van der Waals surface area contributed by atoms with E-state index in [4.69, 9.17) is 11.6 Å². The van der Waals surface area contributed by atoms with Crippen molar-refractivity contribution in [1.29, 1.82) is 0 Å². The smallest absolute Gasteiger partial charge is 0.132 e. The van der Waals surface area contributed by atoms with Gasteiger partial charge in [-0.2, -0.15) is 0 Å². The Labute approximate surface area is 107 Å². The van der Waals surface area contributed by atoms with Gasteiger partial charge in [0.25, 0.3) is 0 Å². The van der Waals surface area contributed by atoms with Gasteiger partial charge in [0.15, 0.2) is 0 Å². The van der Waals surface area contributed by atoms with Crippen molar-refractivity contribution in [3.05, 3.63) is 53.6 Å². The maximum Gasteiger partial charge on any atom is 0.132 e. The molecule has 0 aliphatic heterocycles. The highest BCUT2D eigenvalue weighted by molar-refractivity contribution is 6.18. The monoisotopic (exact) mass is 272 g/mol. The number of imidazole rings is 1. The van der Waals surface area contributed by atoms with Gasteiger partial charge in [-0.1, -0.05) is 6.07 Å². The molecule has 0 saturated carbocycles. The highest BCUT2D eigenvalue weighted by atomic mass is 35.5. The lowest BCUT2D eigenvalue weighted by molar-refractivity contribution is 0.0555. The number of hydrogen-bond donors (Lipinski definition) is 2. The molecule has 2 N–H and O–H groups in total. The standard InChI is InChI=1S/C12H11ClF2N2O/c13-7-12(18,6-11-16-3-4-17-11)9-2-1-8(14)5-10(9)15/h1-5,18H,6-7H2,(H,16,17). The molecule has 18 heavy (non-hydrogen) atoms. The second kappa shape index (κ2) is 5.04. The predicted octanol–water partition coefficient (Wildman–Crippen LogP) is 2.36. The molecule has 6 heteroatoms. The third-order valence-electron chi connectivity index (χ3n) is 2.67. The zero-order chi connectivity index (χ0) is 13.2. The lowest BCUT2D eigenvalue weighted by Crippen LogP contribution is -2.32. The minimum absolute atomic E-state index is 0.0199. The first-order valence-electron chi connectivity index (χ1n) is 5.27. The molecule has 0 spiro atoms. The maximum atomic E-state index is 13.7. The summed E-state index contributed by atoms with van der Waals surface area (Å²) in [5.41, 5.74) is -1.67. The molecular formula is C12H11ClF2N2O. The fraction of sp³-hybridized carbons (Fsp3) is 0.250. The summed E-state index contributed by atoms with van der Waals surface area (Å²) >= 11 is 5.72. The fourth-order valence-electron chi connectivity index (χ4n) is 1.75. The number of nitrogens with one attached hydrogen (secondary N) is 1. The Hall–Kier alpha value is -1.46. The van der Waals surface area contributed by atoms with Crippen LogP contribution in [0.4, 0.5) is 8.78 Å². The SMILES string of the molecule is OC(CCl)(Cc1ncc[nH]1)c1ccc(F)cc1F. The first-order valence-corrected chi connectivity index (χ1v) is 5.81. The Morgan fingerprint density at radius 3 is 2.72 bits per heavy atom. The summed E-state index contributed by atoms with van der Waals surface area (Å²) in [5.74, 6) is -1.28. The number of H-pyrrole nitrogens is 1. The van der Waals surface area contributed by atoms with Gasteiger partial charge in [0, 0.05) is 30.4 Å². The van der Waals surface area contributed by atoms with E-state index in [2.05, 4.69) is 9.97 Å². The largest absolute Gasteiger partial charge is 0.383 e. The number of aromatic nitrogens is 2. The van der Waals surface area contributed by atoms with Crippen molar-refractivity contribution in [1.82, 2.24) is 9.97 Å². The molecule has 3 nitrogen and oxygen atoms in total. The summed E-state index contributed by atoms with van der Waals surface area (Å²) in [4.78, 5) is 6.75. The van der Waals surface area contributed by atoms with E-state index in [1.807, 2.05) is 0 Å². The van der Waals surface area contributed by atoms with Gasteiger partial charge < -0.3 is 10.1 Å². The summed E-state index contributed by atoms with van der Waals surface area (Å²) in [5, 5.41) is 10.4. The van der Waals surface area contributed by atoms with Crippen molar-refractivity contribution in [3.8, 4) is 0 Å². The highest BCUT2D eigenvalue weighted by Crippen LogP contribution is 2.28. The Kier molecular flexibility index (Phi) is 3.63. The van der Waals surface area contributed by atoms with Gasteiger partial charge in [-0.05, 0) is 6.07 Å². The minimum Gasteiger partial charge on any atom is -0.383 e. The van der Waals surface area contributed by atoms with Crippen LogP contribution >= 0.6 is 11.6 Å². The molecule has 0 aliphatic rings. The molecule has 1 aromatic carbocycles. The van der Waals surface area contributed by atoms with E-state index < -0.39 is 17.2 Å². The molecule has 2 aromatic rings. The number of aromatic amines is 1. The molecule has 0 fully saturated rings. The zero-order valence-corrected chi connectivity index (χ0v) is 10.1. The van der Waals surface area contributed by atoms with Gasteiger partial charge >= 0.3 is 0 Å². The van der Waals surface area contributed by atoms with E-state index >= 15 is 0 Å². The molecule has 0 aliphatic carbocycles. The Balaban J connectivity index is 2.36. The van der Waals surface area contributed by atoms with Crippen molar-refractivity contribution < 1.29 is 13.9 Å². The Morgan fingerprint density at radius 1 is 1.39 bits per heavy atom. The minimum atomic E-state index is -1.63. The van der Waals surface area contributed by atoms with Gasteiger partial charge in [-0.15, -0.1) is 11.6 Å². The van der Waals surface area contributed by atoms with Gasteiger partial charge in [0.05, 0.1) is 5.88 Å². The summed E-state index contributed by atoms with van der Waals surface area (Å²) in [6, 6.07) is 2.99. The second-order valence-corrected chi connectivity index (χ2v) is 4.27. The topological polar surface area (TPSA) is 48.9 Å². The molecule has 0 amide bonds. The maximum absolute atomic E-state index is 13.7. The van der Waals surface area contributed by atoms with E-state index in [0.717, 1.165) is 12.1 Å². The lowest BCUT2D eigenvalue weighted by Gasteiger charge is -2.25. The van der Waals surface area contributed by atoms with Crippen LogP contribution in [0.15, 0.2) is 30.6 Å². The van der Waals surface area contributed by atoms with Crippen molar-refractivity contribution >= 4 is 11.6 Å². The predicted molar refractivity (Wildman–Crippen MR) is 63.3 cm³/mol. The molecule has 2 rings (SSSR count). The molecule has 1 heterocycles. The van der Waals surface area contributed by atoms with Crippen molar-refractivity contribution in [2.75, 3.05) is 5.88 Å². The third-order valence-corrected chi connectivity index (χ3v) is 3.11. The summed E-state index contributed by atoms with van der Waals surface area (Å²) in [6.45, 7) is 0. The molecule has 1 atom stereocenters. The van der Waals surface area contributed by atoms with Crippen molar-refractivity contribution in [3.63, 3.8) is 0 Å². The highest BCUT2D eigenvalue weighted by Gasteiger charge is 2.32. The van der Waals surface area contributed by atoms with Crippen molar-refractivity contribution in [2.24, 2.45) is 0 Å². The van der Waals surface area contributed by atoms with Crippen LogP contribution in [-0.4, -0.2) is 21.0 Å². The number of halogens is 3. The van der Waals surface area contributed by atoms with Crippen LogP contribution in [-0.2, 0) is 12.0 Å². The van der Waals surface area contributed by atoms with Crippen LogP contribution in [0, 0.1) is 11.6 Å². The van der Waals surface area contributed by atoms with E-state index in [-0.39, 0.29) is 17.9 Å². The van der Waals surface area contributed by atoms with E-state index in [9.17, 15) is 13.9 Å². The van der Waals surface area contributed by atoms with Crippen molar-refractivity contribution in [2.45, 2.75) is 12.0 Å². The van der Waals surface area contributed by atoms with Gasteiger partial charge in [0.2, 0.25) is 0 Å². The first kappa shape index (κ1) is 13.0. The number of rotatable bonds is 4. The van der Waals surface area contributed by atoms with E-state index in [1.54, 1.807) is 6.20 Å². The molecule has 1 unspecified atom stereocenters. The van der Waals surface area contributed by atoms with Crippen LogP contribution in [0.1, 0.15) is 11.4 Å². The molecule has 96 valence electrons. The van der Waals surface area contributed by atoms with Crippen LogP contribution < -0.4 is 0 Å². The fourth-order valence-corrected chi connectivity index (χ4v) is 1.99. The number of nitrogens with zero attached hydrogens (tertiary/aromatic N) is 1. The summed E-state index contributed by atoms with van der Waals surface area (Å²) in [6.07, 6.45) is 3.13. The van der Waals surface area contributed by atoms with Gasteiger partial charge in [0.1, 0.15) is 23.1 Å². The summed E-state index contributed by atoms with van der Waals surface area (Å²) in [7, 11) is 0. The summed E-state index contributed by atoms with van der Waals surface area (Å²) < 4.78 is 26.5. The van der Waals surface area contributed by atoms with E-state index in [1.165, 1.54) is 12.3 Å². The zero-order valence-electron chi connectivity index (χ0n) is 9.33. The van der Waals surface area contributed by atoms with Crippen LogP contribution in [0.5, 0.6) is 0 Å². The number of benzene rings is 1. The quantitative estimate of drug-likeness (QED) is 0.840. The molecule has 1 aromatic heterocycles. The van der Waals surface area contributed by atoms with Gasteiger partial charge in [-0.3, -0.25) is 0 Å². The molecule has 0 radical (unpaired) electrons. The number of alkyl halides is 1. The average molecular weight is 273 g/mol. The van der Waals surface area contributed by atoms with Crippen LogP contribution in [0.25, 0.3) is 0 Å². The van der Waals surface area contributed by atoms with Crippen LogP contribution in [0.3, 0.4) is 0 Å².